The molecule has 0 aliphatic carbocycles. The third-order valence-electron chi connectivity index (χ3n) is 1.65. The molecule has 13 heavy (non-hydrogen) atoms. The second-order valence-corrected chi connectivity index (χ2v) is 2.69. The third-order valence-corrected chi connectivity index (χ3v) is 1.65. The van der Waals surface area contributed by atoms with Gasteiger partial charge in [-0.3, -0.25) is 9.78 Å². The summed E-state index contributed by atoms with van der Waals surface area (Å²) in [7, 11) is 0. The molecule has 4 nitrogen and oxygen atoms in total. The maximum atomic E-state index is 10.6. The normalized spacial score (nSPS) is 10.2. The van der Waals surface area contributed by atoms with E-state index in [1.165, 1.54) is 6.92 Å². The highest BCUT2D eigenvalue weighted by Gasteiger charge is 2.02. The van der Waals surface area contributed by atoms with Crippen molar-refractivity contribution < 1.29 is 9.53 Å². The van der Waals surface area contributed by atoms with Crippen LogP contribution in [0.4, 0.5) is 0 Å². The minimum atomic E-state index is -0.334. The summed E-state index contributed by atoms with van der Waals surface area (Å²) in [5.74, 6) is 0.120. The number of nitrogens with one attached hydrogen (secondary N) is 1. The summed E-state index contributed by atoms with van der Waals surface area (Å²) in [6, 6.07) is 3.56. The van der Waals surface area contributed by atoms with Gasteiger partial charge in [-0.2, -0.15) is 0 Å². The molecule has 0 fully saturated rings. The summed E-state index contributed by atoms with van der Waals surface area (Å²) >= 11 is 0. The van der Waals surface area contributed by atoms with E-state index in [9.17, 15) is 4.79 Å². The second-order valence-electron chi connectivity index (χ2n) is 2.69. The van der Waals surface area contributed by atoms with Gasteiger partial charge in [0.15, 0.2) is 0 Å². The highest BCUT2D eigenvalue weighted by molar-refractivity contribution is 5.81. The Morgan fingerprint density at radius 3 is 3.15 bits per heavy atom. The van der Waals surface area contributed by atoms with E-state index < -0.39 is 0 Å². The molecule has 1 N–H and O–H groups in total. The zero-order valence-electron chi connectivity index (χ0n) is 7.07. The Hall–Kier alpha value is -1.84. The van der Waals surface area contributed by atoms with Gasteiger partial charge >= 0.3 is 5.97 Å². The van der Waals surface area contributed by atoms with Gasteiger partial charge in [0.1, 0.15) is 0 Å². The first-order valence-corrected chi connectivity index (χ1v) is 3.87. The number of aromatic nitrogens is 2. The summed E-state index contributed by atoms with van der Waals surface area (Å²) in [4.78, 5) is 17.5. The zero-order valence-corrected chi connectivity index (χ0v) is 7.07. The summed E-state index contributed by atoms with van der Waals surface area (Å²) in [5, 5.41) is 0.929. The number of carbonyl (C=O) groups is 1. The lowest BCUT2D eigenvalue weighted by atomic mass is 10.3. The maximum Gasteiger partial charge on any atom is 0.309 e. The molecule has 0 amide bonds. The highest BCUT2D eigenvalue weighted by Crippen LogP contribution is 2.18. The standard InChI is InChI=1S/C9H8N2O2/c1-6(12)13-9-4-7-5-10-3-2-8(7)11-9/h2-5,11H,1H3. The van der Waals surface area contributed by atoms with Crippen LogP contribution in [0.3, 0.4) is 0 Å². The first-order chi connectivity index (χ1) is 6.25. The molecule has 0 saturated carbocycles. The predicted octanol–water partition coefficient (Wildman–Crippen LogP) is 1.49. The number of esters is 1. The number of carbonyl (C=O) groups excluding carboxylic acids is 1. The number of hydrogen-bond acceptors (Lipinski definition) is 3. The summed E-state index contributed by atoms with van der Waals surface area (Å²) in [6.45, 7) is 1.36. The van der Waals surface area contributed by atoms with Gasteiger partial charge in [-0.25, -0.2) is 0 Å². The molecule has 0 aliphatic rings. The first kappa shape index (κ1) is 7.79. The Balaban J connectivity index is 2.44. The molecular weight excluding hydrogens is 168 g/mol. The average Bonchev–Trinajstić information content (AvgIpc) is 2.44. The molecule has 2 heterocycles. The molecule has 4 heteroatoms. The van der Waals surface area contributed by atoms with Crippen molar-refractivity contribution in [3.63, 3.8) is 0 Å². The lowest BCUT2D eigenvalue weighted by molar-refractivity contribution is -0.132. The van der Waals surface area contributed by atoms with Crippen LogP contribution in [0.25, 0.3) is 10.9 Å². The lowest BCUT2D eigenvalue weighted by Crippen LogP contribution is -2.00. The summed E-state index contributed by atoms with van der Waals surface area (Å²) in [6.07, 6.45) is 3.38. The van der Waals surface area contributed by atoms with Crippen molar-refractivity contribution in [2.24, 2.45) is 0 Å². The van der Waals surface area contributed by atoms with E-state index >= 15 is 0 Å². The Labute approximate surface area is 74.5 Å². The molecule has 0 aromatic carbocycles. The molecule has 0 atom stereocenters. The molecule has 0 aliphatic heterocycles. The van der Waals surface area contributed by atoms with E-state index in [-0.39, 0.29) is 5.97 Å². The number of hydrogen-bond donors (Lipinski definition) is 1. The van der Waals surface area contributed by atoms with Crippen LogP contribution in [0.2, 0.25) is 0 Å². The van der Waals surface area contributed by atoms with E-state index in [0.717, 1.165) is 10.9 Å². The monoisotopic (exact) mass is 176 g/mol. The van der Waals surface area contributed by atoms with E-state index in [1.807, 2.05) is 6.07 Å². The molecule has 0 bridgehead atoms. The van der Waals surface area contributed by atoms with Crippen molar-refractivity contribution in [3.8, 4) is 5.88 Å². The first-order valence-electron chi connectivity index (χ1n) is 3.87. The average molecular weight is 176 g/mol. The molecule has 0 saturated heterocycles. The fourth-order valence-electron chi connectivity index (χ4n) is 1.16. The molecule has 2 aromatic heterocycles. The van der Waals surface area contributed by atoms with Gasteiger partial charge in [0, 0.05) is 30.8 Å². The van der Waals surface area contributed by atoms with Gasteiger partial charge in [0.2, 0.25) is 5.88 Å². The van der Waals surface area contributed by atoms with Crippen LogP contribution in [-0.4, -0.2) is 15.9 Å². The van der Waals surface area contributed by atoms with E-state index in [1.54, 1.807) is 18.5 Å². The van der Waals surface area contributed by atoms with Crippen LogP contribution < -0.4 is 4.74 Å². The smallest absolute Gasteiger partial charge is 0.309 e. The van der Waals surface area contributed by atoms with E-state index in [0.29, 0.717) is 5.88 Å². The SMILES string of the molecule is CC(=O)Oc1cc2cnccc2[nH]1. The van der Waals surface area contributed by atoms with Crippen LogP contribution >= 0.6 is 0 Å². The minimum absolute atomic E-state index is 0.334. The number of pyridine rings is 1. The predicted molar refractivity (Wildman–Crippen MR) is 47.4 cm³/mol. The van der Waals surface area contributed by atoms with Crippen molar-refractivity contribution in [2.75, 3.05) is 0 Å². The molecule has 0 radical (unpaired) electrons. The van der Waals surface area contributed by atoms with Gasteiger partial charge in [-0.05, 0) is 6.07 Å². The van der Waals surface area contributed by atoms with Gasteiger partial charge < -0.3 is 9.72 Å². The van der Waals surface area contributed by atoms with Gasteiger partial charge in [0.25, 0.3) is 0 Å². The molecular formula is C9H8N2O2. The van der Waals surface area contributed by atoms with Crippen LogP contribution in [0.5, 0.6) is 5.88 Å². The van der Waals surface area contributed by atoms with E-state index in [4.69, 9.17) is 4.74 Å². The molecule has 66 valence electrons. The topological polar surface area (TPSA) is 55.0 Å². The quantitative estimate of drug-likeness (QED) is 0.669. The molecule has 0 spiro atoms. The Morgan fingerprint density at radius 2 is 2.46 bits per heavy atom. The summed E-state index contributed by atoms with van der Waals surface area (Å²) < 4.78 is 4.88. The number of rotatable bonds is 1. The highest BCUT2D eigenvalue weighted by atomic mass is 16.5. The largest absolute Gasteiger partial charge is 0.410 e. The Bertz CT molecular complexity index is 415. The molecule has 2 rings (SSSR count). The maximum absolute atomic E-state index is 10.6. The van der Waals surface area contributed by atoms with Crippen LogP contribution in [0, 0.1) is 0 Å². The van der Waals surface area contributed by atoms with Crippen molar-refractivity contribution in [3.05, 3.63) is 24.5 Å². The van der Waals surface area contributed by atoms with Crippen LogP contribution in [-0.2, 0) is 4.79 Å². The third kappa shape index (κ3) is 1.51. The van der Waals surface area contributed by atoms with Crippen molar-refractivity contribution in [1.29, 1.82) is 0 Å². The van der Waals surface area contributed by atoms with Crippen LogP contribution in [0.1, 0.15) is 6.92 Å². The number of aromatic amines is 1. The van der Waals surface area contributed by atoms with Gasteiger partial charge in [-0.1, -0.05) is 0 Å². The minimum Gasteiger partial charge on any atom is -0.410 e. The second kappa shape index (κ2) is 2.90. The van der Waals surface area contributed by atoms with Crippen molar-refractivity contribution in [2.45, 2.75) is 6.92 Å². The fourth-order valence-corrected chi connectivity index (χ4v) is 1.16. The Morgan fingerprint density at radius 1 is 1.62 bits per heavy atom. The lowest BCUT2D eigenvalue weighted by Gasteiger charge is -1.93. The van der Waals surface area contributed by atoms with Gasteiger partial charge in [0.05, 0.1) is 5.52 Å². The summed E-state index contributed by atoms with van der Waals surface area (Å²) in [5.41, 5.74) is 0.909. The number of ether oxygens (including phenoxy) is 1. The fraction of sp³-hybridized carbons (Fsp3) is 0.111. The number of fused-ring (bicyclic) bond motifs is 1. The molecule has 2 aromatic rings. The Kier molecular flexibility index (Phi) is 1.73. The number of nitrogens with zero attached hydrogens (tertiary/aromatic N) is 1. The van der Waals surface area contributed by atoms with Crippen molar-refractivity contribution in [1.82, 2.24) is 9.97 Å². The van der Waals surface area contributed by atoms with Crippen molar-refractivity contribution >= 4 is 16.9 Å². The zero-order chi connectivity index (χ0) is 9.26. The van der Waals surface area contributed by atoms with E-state index in [2.05, 4.69) is 9.97 Å². The number of H-pyrrole nitrogens is 1. The molecule has 0 unspecified atom stereocenters. The van der Waals surface area contributed by atoms with Crippen LogP contribution in [0.15, 0.2) is 24.5 Å². The van der Waals surface area contributed by atoms with Gasteiger partial charge in [-0.15, -0.1) is 0 Å².